The predicted molar refractivity (Wildman–Crippen MR) is 140 cm³/mol. The zero-order valence-corrected chi connectivity index (χ0v) is 22.4. The first-order chi connectivity index (χ1) is 17.8. The number of carboxylic acids is 1. The van der Waals surface area contributed by atoms with Gasteiger partial charge in [-0.3, -0.25) is 9.69 Å². The van der Waals surface area contributed by atoms with Crippen LogP contribution in [0.4, 0.5) is 0 Å². The lowest BCUT2D eigenvalue weighted by molar-refractivity contribution is -0.143. The van der Waals surface area contributed by atoms with Crippen LogP contribution >= 0.6 is 0 Å². The van der Waals surface area contributed by atoms with Crippen molar-refractivity contribution in [2.24, 2.45) is 5.92 Å². The molecule has 3 atom stereocenters. The predicted octanol–water partition coefficient (Wildman–Crippen LogP) is 3.72. The van der Waals surface area contributed by atoms with E-state index in [1.165, 1.54) is 0 Å². The van der Waals surface area contributed by atoms with Crippen molar-refractivity contribution in [2.45, 2.75) is 38.6 Å². The first kappa shape index (κ1) is 27.2. The first-order valence-electron chi connectivity index (χ1n) is 12.8. The molecule has 4 rings (SSSR count). The van der Waals surface area contributed by atoms with Gasteiger partial charge >= 0.3 is 5.97 Å². The van der Waals surface area contributed by atoms with Crippen molar-refractivity contribution in [3.8, 4) is 17.2 Å². The summed E-state index contributed by atoms with van der Waals surface area (Å²) in [6.07, 6.45) is 1.26. The minimum absolute atomic E-state index is 0.104. The molecule has 2 aromatic rings. The lowest BCUT2D eigenvalue weighted by Gasteiger charge is -2.30. The van der Waals surface area contributed by atoms with Gasteiger partial charge in [-0.25, -0.2) is 12.7 Å². The van der Waals surface area contributed by atoms with Crippen molar-refractivity contribution >= 4 is 16.0 Å². The topological polar surface area (TPSA) is 106 Å². The summed E-state index contributed by atoms with van der Waals surface area (Å²) >= 11 is 0. The molecule has 2 aromatic carbocycles. The molecule has 0 radical (unpaired) electrons. The number of hydrogen-bond donors (Lipinski definition) is 1. The van der Waals surface area contributed by atoms with Crippen molar-refractivity contribution < 1.29 is 32.5 Å². The molecule has 1 saturated heterocycles. The number of carbonyl (C=O) groups is 1. The van der Waals surface area contributed by atoms with Gasteiger partial charge in [-0.2, -0.15) is 0 Å². The number of benzene rings is 2. The van der Waals surface area contributed by atoms with Crippen LogP contribution in [0.1, 0.15) is 49.8 Å². The van der Waals surface area contributed by atoms with E-state index in [1.54, 1.807) is 11.4 Å². The summed E-state index contributed by atoms with van der Waals surface area (Å²) < 4.78 is 43.6. The summed E-state index contributed by atoms with van der Waals surface area (Å²) in [5, 5.41) is 10.4. The fourth-order valence-corrected chi connectivity index (χ4v) is 7.00. The van der Waals surface area contributed by atoms with Crippen LogP contribution in [0.2, 0.25) is 0 Å². The molecule has 0 saturated carbocycles. The molecule has 0 aromatic heterocycles. The minimum atomic E-state index is -3.38. The van der Waals surface area contributed by atoms with Gasteiger partial charge in [0, 0.05) is 38.1 Å². The smallest absolute Gasteiger partial charge is 0.309 e. The number of rotatable bonds is 12. The van der Waals surface area contributed by atoms with E-state index in [1.807, 2.05) is 56.3 Å². The van der Waals surface area contributed by atoms with Crippen molar-refractivity contribution in [1.82, 2.24) is 9.21 Å². The number of ether oxygens (including phenoxy) is 3. The van der Waals surface area contributed by atoms with Gasteiger partial charge in [0.2, 0.25) is 16.8 Å². The second-order valence-corrected chi connectivity index (χ2v) is 11.6. The summed E-state index contributed by atoms with van der Waals surface area (Å²) in [5.74, 6) is 0.107. The highest BCUT2D eigenvalue weighted by atomic mass is 32.2. The van der Waals surface area contributed by atoms with Gasteiger partial charge in [0.05, 0.1) is 18.8 Å². The molecule has 2 aliphatic heterocycles. The van der Waals surface area contributed by atoms with Gasteiger partial charge in [-0.1, -0.05) is 32.0 Å². The lowest BCUT2D eigenvalue weighted by atomic mass is 9.82. The Morgan fingerprint density at radius 3 is 2.41 bits per heavy atom. The third-order valence-electron chi connectivity index (χ3n) is 7.13. The second kappa shape index (κ2) is 11.7. The van der Waals surface area contributed by atoms with Crippen LogP contribution in [0.25, 0.3) is 0 Å². The highest BCUT2D eigenvalue weighted by molar-refractivity contribution is 7.89. The Morgan fingerprint density at radius 1 is 1.05 bits per heavy atom. The Morgan fingerprint density at radius 2 is 1.76 bits per heavy atom. The van der Waals surface area contributed by atoms with Crippen LogP contribution in [-0.2, 0) is 14.8 Å². The van der Waals surface area contributed by atoms with E-state index in [0.29, 0.717) is 56.3 Å². The van der Waals surface area contributed by atoms with Crippen molar-refractivity contribution in [3.05, 3.63) is 53.6 Å². The standard InChI is InChI=1S/C27H36N2O7S/c1-4-12-29(37(32,33)15-5-2)14-13-28-17-22(20-8-11-23-24(16-20)36-18-35-23)25(27(30)31)26(28)19-6-9-21(34-3)10-7-19/h6-11,16,22,25-26H,4-5,12-15,17-18H2,1-3H3,(H,30,31). The fourth-order valence-electron chi connectivity index (χ4n) is 5.41. The average Bonchev–Trinajstić information content (AvgIpc) is 3.50. The number of fused-ring (bicyclic) bond motifs is 1. The van der Waals surface area contributed by atoms with Crippen LogP contribution in [0.15, 0.2) is 42.5 Å². The van der Waals surface area contributed by atoms with E-state index in [9.17, 15) is 18.3 Å². The first-order valence-corrected chi connectivity index (χ1v) is 14.4. The quantitative estimate of drug-likeness (QED) is 0.441. The van der Waals surface area contributed by atoms with Crippen LogP contribution < -0.4 is 14.2 Å². The molecule has 3 unspecified atom stereocenters. The summed E-state index contributed by atoms with van der Waals surface area (Å²) in [4.78, 5) is 14.9. The summed E-state index contributed by atoms with van der Waals surface area (Å²) in [7, 11) is -1.79. The summed E-state index contributed by atoms with van der Waals surface area (Å²) in [6.45, 7) is 5.60. The molecule has 2 heterocycles. The second-order valence-electron chi connectivity index (χ2n) is 9.51. The van der Waals surface area contributed by atoms with Crippen molar-refractivity contribution in [2.75, 3.05) is 45.8 Å². The summed E-state index contributed by atoms with van der Waals surface area (Å²) in [5.41, 5.74) is 1.72. The molecule has 1 N–H and O–H groups in total. The molecule has 9 nitrogen and oxygen atoms in total. The van der Waals surface area contributed by atoms with E-state index < -0.39 is 28.0 Å². The highest BCUT2D eigenvalue weighted by Crippen LogP contribution is 2.47. The Kier molecular flexibility index (Phi) is 8.61. The Bertz CT molecular complexity index is 1190. The average molecular weight is 533 g/mol. The number of hydrogen-bond acceptors (Lipinski definition) is 7. The van der Waals surface area contributed by atoms with Crippen LogP contribution in [-0.4, -0.2) is 74.5 Å². The zero-order valence-electron chi connectivity index (χ0n) is 21.6. The van der Waals surface area contributed by atoms with Gasteiger partial charge in [0.1, 0.15) is 5.75 Å². The van der Waals surface area contributed by atoms with Gasteiger partial charge in [0.25, 0.3) is 0 Å². The van der Waals surface area contributed by atoms with Gasteiger partial charge in [0.15, 0.2) is 11.5 Å². The molecule has 2 aliphatic rings. The van der Waals surface area contributed by atoms with Crippen molar-refractivity contribution in [3.63, 3.8) is 0 Å². The Labute approximate surface area is 219 Å². The number of nitrogens with zero attached hydrogens (tertiary/aromatic N) is 2. The molecule has 0 spiro atoms. The number of likely N-dealkylation sites (tertiary alicyclic amines) is 1. The third kappa shape index (κ3) is 5.86. The van der Waals surface area contributed by atoms with E-state index in [2.05, 4.69) is 4.90 Å². The zero-order chi connectivity index (χ0) is 26.6. The monoisotopic (exact) mass is 532 g/mol. The van der Waals surface area contributed by atoms with Gasteiger partial charge in [-0.05, 0) is 48.2 Å². The van der Waals surface area contributed by atoms with E-state index in [4.69, 9.17) is 14.2 Å². The van der Waals surface area contributed by atoms with Gasteiger partial charge in [-0.15, -0.1) is 0 Å². The maximum Gasteiger partial charge on any atom is 0.309 e. The fraction of sp³-hybridized carbons (Fsp3) is 0.519. The number of sulfonamides is 1. The van der Waals surface area contributed by atoms with E-state index >= 15 is 0 Å². The molecular weight excluding hydrogens is 496 g/mol. The van der Waals surface area contributed by atoms with E-state index in [0.717, 1.165) is 11.1 Å². The summed E-state index contributed by atoms with van der Waals surface area (Å²) in [6, 6.07) is 12.6. The normalized spacial score (nSPS) is 21.5. The number of carboxylic acid groups (broad SMARTS) is 1. The highest BCUT2D eigenvalue weighted by Gasteiger charge is 2.47. The van der Waals surface area contributed by atoms with Crippen LogP contribution in [0.5, 0.6) is 17.2 Å². The molecular formula is C27H36N2O7S. The lowest BCUT2D eigenvalue weighted by Crippen LogP contribution is -2.40. The largest absolute Gasteiger partial charge is 0.497 e. The SMILES string of the molecule is CCCN(CCN1CC(c2ccc3c(c2)OCO3)C(C(=O)O)C1c1ccc(OC)cc1)S(=O)(=O)CCC. The molecule has 10 heteroatoms. The Balaban J connectivity index is 1.68. The number of methoxy groups -OCH3 is 1. The van der Waals surface area contributed by atoms with Crippen LogP contribution in [0, 0.1) is 5.92 Å². The van der Waals surface area contributed by atoms with Crippen LogP contribution in [0.3, 0.4) is 0 Å². The molecule has 0 amide bonds. The molecule has 202 valence electrons. The molecule has 0 bridgehead atoms. The number of aliphatic carboxylic acids is 1. The molecule has 0 aliphatic carbocycles. The molecule has 1 fully saturated rings. The minimum Gasteiger partial charge on any atom is -0.497 e. The molecule has 37 heavy (non-hydrogen) atoms. The maximum atomic E-state index is 12.9. The maximum absolute atomic E-state index is 12.9. The third-order valence-corrected chi connectivity index (χ3v) is 9.21. The Hall–Kier alpha value is -2.82. The van der Waals surface area contributed by atoms with Gasteiger partial charge < -0.3 is 19.3 Å². The van der Waals surface area contributed by atoms with Crippen molar-refractivity contribution in [1.29, 1.82) is 0 Å². The van der Waals surface area contributed by atoms with E-state index in [-0.39, 0.29) is 18.5 Å².